The van der Waals surface area contributed by atoms with Gasteiger partial charge in [0.15, 0.2) is 0 Å². The molecule has 0 unspecified atom stereocenters. The summed E-state index contributed by atoms with van der Waals surface area (Å²) in [6.45, 7) is 4.17. The first-order valence-electron chi connectivity index (χ1n) is 6.65. The maximum absolute atomic E-state index is 13.2. The van der Waals surface area contributed by atoms with E-state index in [1.54, 1.807) is 6.07 Å². The second-order valence-electron chi connectivity index (χ2n) is 5.05. The van der Waals surface area contributed by atoms with Crippen molar-refractivity contribution >= 4 is 11.5 Å². The third-order valence-electron chi connectivity index (χ3n) is 3.61. The number of nitrogens with one attached hydrogen (secondary N) is 1. The van der Waals surface area contributed by atoms with Gasteiger partial charge in [0.2, 0.25) is 0 Å². The second kappa shape index (κ2) is 6.02. The Labute approximate surface area is 113 Å². The number of benzene rings is 1. The van der Waals surface area contributed by atoms with Crippen LogP contribution in [-0.2, 0) is 0 Å². The third kappa shape index (κ3) is 3.44. The summed E-state index contributed by atoms with van der Waals surface area (Å²) in [7, 11) is 1.95. The van der Waals surface area contributed by atoms with Gasteiger partial charge >= 0.3 is 0 Å². The highest BCUT2D eigenvalue weighted by atomic mass is 19.1. The summed E-state index contributed by atoms with van der Waals surface area (Å²) < 4.78 is 13.2. The zero-order chi connectivity index (χ0) is 13.8. The smallest absolute Gasteiger partial charge is 0.125 e. The number of hydrogen-bond donors (Lipinski definition) is 2. The molecule has 0 aliphatic carbocycles. The summed E-state index contributed by atoms with van der Waals surface area (Å²) in [5.41, 5.74) is 6.79. The third-order valence-corrected chi connectivity index (χ3v) is 3.61. The summed E-state index contributed by atoms with van der Waals surface area (Å²) in [4.78, 5) is 4.46. The van der Waals surface area contributed by atoms with Crippen molar-refractivity contribution in [2.45, 2.75) is 12.8 Å². The number of anilines is 1. The van der Waals surface area contributed by atoms with Crippen molar-refractivity contribution in [3.8, 4) is 0 Å². The van der Waals surface area contributed by atoms with Gasteiger partial charge in [-0.1, -0.05) is 0 Å². The number of likely N-dealkylation sites (N-methyl/N-ethyl adjacent to an activating group) is 1. The summed E-state index contributed by atoms with van der Waals surface area (Å²) in [5, 5.41) is 7.54. The molecule has 3 N–H and O–H groups in total. The number of rotatable bonds is 5. The SMILES string of the molecule is CN(CCN1CCCC1)c1ccc(F)cc1C(=N)N. The number of hydrogen-bond acceptors (Lipinski definition) is 3. The lowest BCUT2D eigenvalue weighted by Crippen LogP contribution is -2.32. The lowest BCUT2D eigenvalue weighted by molar-refractivity contribution is 0.346. The molecule has 0 amide bonds. The molecule has 2 rings (SSSR count). The number of nitrogens with zero attached hydrogens (tertiary/aromatic N) is 2. The van der Waals surface area contributed by atoms with Crippen molar-refractivity contribution in [3.05, 3.63) is 29.6 Å². The van der Waals surface area contributed by atoms with E-state index in [4.69, 9.17) is 11.1 Å². The molecule has 19 heavy (non-hydrogen) atoms. The Kier molecular flexibility index (Phi) is 4.37. The maximum Gasteiger partial charge on any atom is 0.125 e. The molecule has 5 heteroatoms. The van der Waals surface area contributed by atoms with Gasteiger partial charge < -0.3 is 15.5 Å². The van der Waals surface area contributed by atoms with Crippen LogP contribution in [0.3, 0.4) is 0 Å². The number of halogens is 1. The standard InChI is InChI=1S/C14H21FN4/c1-18(8-9-19-6-2-3-7-19)13-5-4-11(15)10-12(13)14(16)17/h4-5,10H,2-3,6-9H2,1H3,(H3,16,17). The fourth-order valence-corrected chi connectivity index (χ4v) is 2.47. The van der Waals surface area contributed by atoms with Crippen molar-refractivity contribution in [2.24, 2.45) is 5.73 Å². The van der Waals surface area contributed by atoms with Gasteiger partial charge in [-0.05, 0) is 44.1 Å². The first-order chi connectivity index (χ1) is 9.08. The van der Waals surface area contributed by atoms with Crippen molar-refractivity contribution in [2.75, 3.05) is 38.1 Å². The van der Waals surface area contributed by atoms with Crippen LogP contribution in [0.4, 0.5) is 10.1 Å². The van der Waals surface area contributed by atoms with Gasteiger partial charge in [0.05, 0.1) is 0 Å². The molecule has 1 saturated heterocycles. The largest absolute Gasteiger partial charge is 0.384 e. The highest BCUT2D eigenvalue weighted by Gasteiger charge is 2.14. The average Bonchev–Trinajstić information content (AvgIpc) is 2.88. The Balaban J connectivity index is 2.05. The molecule has 1 aromatic carbocycles. The highest BCUT2D eigenvalue weighted by Crippen LogP contribution is 2.20. The molecular weight excluding hydrogens is 243 g/mol. The van der Waals surface area contributed by atoms with E-state index in [0.717, 1.165) is 31.9 Å². The van der Waals surface area contributed by atoms with Crippen molar-refractivity contribution in [1.82, 2.24) is 4.90 Å². The molecule has 0 atom stereocenters. The van der Waals surface area contributed by atoms with E-state index in [-0.39, 0.29) is 11.7 Å². The van der Waals surface area contributed by atoms with Gasteiger partial charge in [0.1, 0.15) is 11.7 Å². The van der Waals surface area contributed by atoms with E-state index in [0.29, 0.717) is 5.56 Å². The minimum Gasteiger partial charge on any atom is -0.384 e. The Morgan fingerprint density at radius 3 is 2.74 bits per heavy atom. The van der Waals surface area contributed by atoms with E-state index in [1.807, 2.05) is 11.9 Å². The van der Waals surface area contributed by atoms with Crippen LogP contribution in [0.15, 0.2) is 18.2 Å². The summed E-state index contributed by atoms with van der Waals surface area (Å²) in [6, 6.07) is 4.42. The van der Waals surface area contributed by atoms with Crippen molar-refractivity contribution < 1.29 is 4.39 Å². The molecule has 0 aromatic heterocycles. The van der Waals surface area contributed by atoms with Crippen LogP contribution in [0.5, 0.6) is 0 Å². The van der Waals surface area contributed by atoms with Gasteiger partial charge in [-0.2, -0.15) is 0 Å². The second-order valence-corrected chi connectivity index (χ2v) is 5.05. The molecule has 1 heterocycles. The number of nitrogens with two attached hydrogens (primary N) is 1. The Morgan fingerprint density at radius 2 is 2.11 bits per heavy atom. The van der Waals surface area contributed by atoms with Gasteiger partial charge in [-0.3, -0.25) is 5.41 Å². The number of nitrogen functional groups attached to an aromatic ring is 1. The normalized spacial score (nSPS) is 15.7. The molecule has 0 saturated carbocycles. The monoisotopic (exact) mass is 264 g/mol. The van der Waals surface area contributed by atoms with Crippen LogP contribution < -0.4 is 10.6 Å². The lowest BCUT2D eigenvalue weighted by atomic mass is 10.1. The van der Waals surface area contributed by atoms with E-state index >= 15 is 0 Å². The molecule has 4 nitrogen and oxygen atoms in total. The molecular formula is C14H21FN4. The quantitative estimate of drug-likeness (QED) is 0.628. The zero-order valence-electron chi connectivity index (χ0n) is 11.3. The van der Waals surface area contributed by atoms with Crippen molar-refractivity contribution in [3.63, 3.8) is 0 Å². The summed E-state index contributed by atoms with van der Waals surface area (Å²) >= 11 is 0. The van der Waals surface area contributed by atoms with Gasteiger partial charge in [-0.15, -0.1) is 0 Å². The topological polar surface area (TPSA) is 56.4 Å². The maximum atomic E-state index is 13.2. The van der Waals surface area contributed by atoms with Gasteiger partial charge in [-0.25, -0.2) is 4.39 Å². The van der Waals surface area contributed by atoms with Crippen LogP contribution in [-0.4, -0.2) is 44.0 Å². The predicted molar refractivity (Wildman–Crippen MR) is 76.4 cm³/mol. The lowest BCUT2D eigenvalue weighted by Gasteiger charge is -2.25. The minimum atomic E-state index is -0.359. The van der Waals surface area contributed by atoms with E-state index in [9.17, 15) is 4.39 Å². The number of likely N-dealkylation sites (tertiary alicyclic amines) is 1. The van der Waals surface area contributed by atoms with Crippen LogP contribution in [0.2, 0.25) is 0 Å². The predicted octanol–water partition coefficient (Wildman–Crippen LogP) is 1.64. The molecule has 1 aromatic rings. The van der Waals surface area contributed by atoms with Gasteiger partial charge in [0, 0.05) is 31.4 Å². The van der Waals surface area contributed by atoms with Crippen LogP contribution >= 0.6 is 0 Å². The van der Waals surface area contributed by atoms with Crippen LogP contribution in [0, 0.1) is 11.2 Å². The minimum absolute atomic E-state index is 0.0949. The molecule has 0 bridgehead atoms. The average molecular weight is 264 g/mol. The van der Waals surface area contributed by atoms with Crippen LogP contribution in [0.1, 0.15) is 18.4 Å². The summed E-state index contributed by atoms with van der Waals surface area (Å²) in [6.07, 6.45) is 2.55. The Hall–Kier alpha value is -1.62. The molecule has 1 fully saturated rings. The Bertz CT molecular complexity index is 455. The van der Waals surface area contributed by atoms with E-state index in [2.05, 4.69) is 4.90 Å². The fourth-order valence-electron chi connectivity index (χ4n) is 2.47. The fraction of sp³-hybridized carbons (Fsp3) is 0.500. The molecule has 104 valence electrons. The highest BCUT2D eigenvalue weighted by molar-refractivity contribution is 6.00. The van der Waals surface area contributed by atoms with Crippen molar-refractivity contribution in [1.29, 1.82) is 5.41 Å². The molecule has 0 spiro atoms. The first kappa shape index (κ1) is 13.8. The molecule has 1 aliphatic rings. The van der Waals surface area contributed by atoms with Gasteiger partial charge in [0.25, 0.3) is 0 Å². The zero-order valence-corrected chi connectivity index (χ0v) is 11.3. The summed E-state index contributed by atoms with van der Waals surface area (Å²) in [5.74, 6) is -0.454. The molecule has 1 aliphatic heterocycles. The van der Waals surface area contributed by atoms with E-state index in [1.165, 1.54) is 25.0 Å². The van der Waals surface area contributed by atoms with Crippen LogP contribution in [0.25, 0.3) is 0 Å². The first-order valence-corrected chi connectivity index (χ1v) is 6.65. The Morgan fingerprint density at radius 1 is 1.42 bits per heavy atom. The van der Waals surface area contributed by atoms with E-state index < -0.39 is 0 Å². The molecule has 0 radical (unpaired) electrons. The number of amidine groups is 1.